The molecule has 0 saturated carbocycles. The molecule has 0 saturated heterocycles. The van der Waals surface area contributed by atoms with Gasteiger partial charge in [-0.1, -0.05) is 13.8 Å². The van der Waals surface area contributed by atoms with Crippen LogP contribution >= 0.6 is 0 Å². The Bertz CT molecular complexity index is 469. The van der Waals surface area contributed by atoms with Gasteiger partial charge in [-0.25, -0.2) is 0 Å². The number of amides is 1. The van der Waals surface area contributed by atoms with Gasteiger partial charge < -0.3 is 20.4 Å². The van der Waals surface area contributed by atoms with Gasteiger partial charge in [0, 0.05) is 19.1 Å². The smallest absolute Gasteiger partial charge is 0.287 e. The van der Waals surface area contributed by atoms with Crippen LogP contribution in [-0.4, -0.2) is 37.5 Å². The second-order valence-electron chi connectivity index (χ2n) is 6.01. The topological polar surface area (TPSA) is 78.7 Å². The van der Waals surface area contributed by atoms with E-state index in [0.717, 1.165) is 18.9 Å². The van der Waals surface area contributed by atoms with E-state index in [2.05, 4.69) is 41.7 Å². The van der Waals surface area contributed by atoms with E-state index in [-0.39, 0.29) is 5.91 Å². The van der Waals surface area contributed by atoms with Gasteiger partial charge in [0.15, 0.2) is 11.7 Å². The fraction of sp³-hybridized carbons (Fsp3) is 0.647. The van der Waals surface area contributed by atoms with Gasteiger partial charge in [0.05, 0.1) is 12.8 Å². The third kappa shape index (κ3) is 8.28. The van der Waals surface area contributed by atoms with Crippen LogP contribution in [0, 0.1) is 5.92 Å². The first-order chi connectivity index (χ1) is 11.0. The van der Waals surface area contributed by atoms with Gasteiger partial charge in [-0.05, 0) is 44.7 Å². The SMILES string of the molecule is CCNC(=NCCNC(=O)c1ccco1)NC(C)CCC(C)C. The molecule has 1 aromatic heterocycles. The molecule has 0 radical (unpaired) electrons. The van der Waals surface area contributed by atoms with Crippen molar-refractivity contribution in [2.24, 2.45) is 10.9 Å². The lowest BCUT2D eigenvalue weighted by Crippen LogP contribution is -2.42. The van der Waals surface area contributed by atoms with Crippen molar-refractivity contribution >= 4 is 11.9 Å². The maximum Gasteiger partial charge on any atom is 0.287 e. The summed E-state index contributed by atoms with van der Waals surface area (Å²) in [5.41, 5.74) is 0. The zero-order valence-electron chi connectivity index (χ0n) is 14.7. The van der Waals surface area contributed by atoms with Crippen LogP contribution in [0.1, 0.15) is 51.1 Å². The summed E-state index contributed by atoms with van der Waals surface area (Å²) in [5.74, 6) is 1.60. The normalized spacial score (nSPS) is 13.0. The lowest BCUT2D eigenvalue weighted by atomic mass is 10.0. The number of guanidine groups is 1. The minimum absolute atomic E-state index is 0.214. The van der Waals surface area contributed by atoms with Crippen LogP contribution in [0.4, 0.5) is 0 Å². The quantitative estimate of drug-likeness (QED) is 0.370. The van der Waals surface area contributed by atoms with Crippen molar-refractivity contribution in [2.45, 2.75) is 46.6 Å². The van der Waals surface area contributed by atoms with Crippen LogP contribution < -0.4 is 16.0 Å². The highest BCUT2D eigenvalue weighted by Gasteiger charge is 2.08. The van der Waals surface area contributed by atoms with Gasteiger partial charge >= 0.3 is 0 Å². The van der Waals surface area contributed by atoms with Crippen LogP contribution in [0.3, 0.4) is 0 Å². The molecule has 23 heavy (non-hydrogen) atoms. The molecule has 0 aliphatic carbocycles. The predicted molar refractivity (Wildman–Crippen MR) is 93.7 cm³/mol. The van der Waals surface area contributed by atoms with E-state index in [1.807, 2.05) is 6.92 Å². The minimum atomic E-state index is -0.214. The Morgan fingerprint density at radius 3 is 2.65 bits per heavy atom. The highest BCUT2D eigenvalue weighted by Crippen LogP contribution is 2.06. The molecule has 1 rings (SSSR count). The van der Waals surface area contributed by atoms with E-state index < -0.39 is 0 Å². The van der Waals surface area contributed by atoms with E-state index in [4.69, 9.17) is 4.42 Å². The molecule has 0 fully saturated rings. The summed E-state index contributed by atoms with van der Waals surface area (Å²) in [4.78, 5) is 16.2. The van der Waals surface area contributed by atoms with Gasteiger partial charge in [0.2, 0.25) is 0 Å². The van der Waals surface area contributed by atoms with Crippen molar-refractivity contribution in [2.75, 3.05) is 19.6 Å². The molecule has 0 bridgehead atoms. The van der Waals surface area contributed by atoms with Crippen molar-refractivity contribution in [3.05, 3.63) is 24.2 Å². The first-order valence-corrected chi connectivity index (χ1v) is 8.39. The number of aliphatic imine (C=N–C) groups is 1. The summed E-state index contributed by atoms with van der Waals surface area (Å²) in [6.45, 7) is 10.4. The Balaban J connectivity index is 2.34. The molecule has 0 aromatic carbocycles. The van der Waals surface area contributed by atoms with Crippen molar-refractivity contribution in [1.82, 2.24) is 16.0 Å². The molecule has 1 heterocycles. The number of hydrogen-bond acceptors (Lipinski definition) is 3. The Labute approximate surface area is 139 Å². The van der Waals surface area contributed by atoms with Crippen LogP contribution in [0.25, 0.3) is 0 Å². The predicted octanol–water partition coefficient (Wildman–Crippen LogP) is 2.39. The zero-order chi connectivity index (χ0) is 17.1. The van der Waals surface area contributed by atoms with Crippen molar-refractivity contribution in [3.63, 3.8) is 0 Å². The minimum Gasteiger partial charge on any atom is -0.459 e. The number of nitrogens with one attached hydrogen (secondary N) is 3. The summed E-state index contributed by atoms with van der Waals surface area (Å²) >= 11 is 0. The third-order valence-electron chi connectivity index (χ3n) is 3.32. The maximum atomic E-state index is 11.7. The molecule has 3 N–H and O–H groups in total. The molecule has 1 aromatic rings. The largest absolute Gasteiger partial charge is 0.459 e. The Kier molecular flexibility index (Phi) is 8.87. The van der Waals surface area contributed by atoms with Gasteiger partial charge in [0.25, 0.3) is 5.91 Å². The molecule has 0 spiro atoms. The second kappa shape index (κ2) is 10.7. The number of furan rings is 1. The number of carbonyl (C=O) groups is 1. The van der Waals surface area contributed by atoms with Crippen molar-refractivity contribution in [1.29, 1.82) is 0 Å². The highest BCUT2D eigenvalue weighted by atomic mass is 16.3. The average molecular weight is 322 g/mol. The van der Waals surface area contributed by atoms with Gasteiger partial charge in [-0.2, -0.15) is 0 Å². The summed E-state index contributed by atoms with van der Waals surface area (Å²) < 4.78 is 5.04. The first-order valence-electron chi connectivity index (χ1n) is 8.39. The maximum absolute atomic E-state index is 11.7. The second-order valence-corrected chi connectivity index (χ2v) is 6.01. The fourth-order valence-electron chi connectivity index (χ4n) is 2.04. The molecule has 0 aliphatic rings. The molecule has 0 aliphatic heterocycles. The van der Waals surface area contributed by atoms with Gasteiger partial charge in [0.1, 0.15) is 0 Å². The number of rotatable bonds is 9. The van der Waals surface area contributed by atoms with Gasteiger partial charge in [-0.3, -0.25) is 9.79 Å². The summed E-state index contributed by atoms with van der Waals surface area (Å²) in [6.07, 6.45) is 3.78. The highest BCUT2D eigenvalue weighted by molar-refractivity contribution is 5.91. The molecule has 130 valence electrons. The monoisotopic (exact) mass is 322 g/mol. The van der Waals surface area contributed by atoms with Crippen molar-refractivity contribution < 1.29 is 9.21 Å². The van der Waals surface area contributed by atoms with E-state index in [1.54, 1.807) is 12.1 Å². The number of carbonyl (C=O) groups excluding carboxylic acids is 1. The molecule has 1 atom stereocenters. The average Bonchev–Trinajstić information content (AvgIpc) is 3.03. The summed E-state index contributed by atoms with van der Waals surface area (Å²) in [7, 11) is 0. The lowest BCUT2D eigenvalue weighted by molar-refractivity contribution is 0.0927. The zero-order valence-corrected chi connectivity index (χ0v) is 14.7. The third-order valence-corrected chi connectivity index (χ3v) is 3.32. The molecule has 6 nitrogen and oxygen atoms in total. The van der Waals surface area contributed by atoms with Crippen LogP contribution in [0.5, 0.6) is 0 Å². The van der Waals surface area contributed by atoms with Crippen molar-refractivity contribution in [3.8, 4) is 0 Å². The van der Waals surface area contributed by atoms with Crippen LogP contribution in [0.15, 0.2) is 27.8 Å². The molecule has 1 unspecified atom stereocenters. The fourth-order valence-corrected chi connectivity index (χ4v) is 2.04. The van der Waals surface area contributed by atoms with E-state index in [0.29, 0.717) is 30.8 Å². The van der Waals surface area contributed by atoms with E-state index in [1.165, 1.54) is 12.7 Å². The molecular weight excluding hydrogens is 292 g/mol. The molecule has 6 heteroatoms. The Morgan fingerprint density at radius 1 is 1.26 bits per heavy atom. The standard InChI is InChI=1S/C17H30N4O2/c1-5-18-17(21-14(4)9-8-13(2)3)20-11-10-19-16(22)15-7-6-12-23-15/h6-7,12-14H,5,8-11H2,1-4H3,(H,19,22)(H2,18,20,21). The summed E-state index contributed by atoms with van der Waals surface area (Å²) in [5, 5.41) is 9.40. The summed E-state index contributed by atoms with van der Waals surface area (Å²) in [6, 6.07) is 3.70. The lowest BCUT2D eigenvalue weighted by Gasteiger charge is -2.18. The van der Waals surface area contributed by atoms with Gasteiger partial charge in [-0.15, -0.1) is 0 Å². The molecule has 1 amide bonds. The number of hydrogen-bond donors (Lipinski definition) is 3. The molecular formula is C17H30N4O2. The Morgan fingerprint density at radius 2 is 2.04 bits per heavy atom. The van der Waals surface area contributed by atoms with Crippen LogP contribution in [-0.2, 0) is 0 Å². The van der Waals surface area contributed by atoms with E-state index in [9.17, 15) is 4.79 Å². The van der Waals surface area contributed by atoms with E-state index >= 15 is 0 Å². The first kappa shape index (κ1) is 19.1. The number of nitrogens with zero attached hydrogens (tertiary/aromatic N) is 1. The Hall–Kier alpha value is -1.98. The van der Waals surface area contributed by atoms with Crippen LogP contribution in [0.2, 0.25) is 0 Å².